The molecule has 0 aromatic heterocycles. The number of rotatable bonds is 7. The van der Waals surface area contributed by atoms with Crippen molar-refractivity contribution in [2.75, 3.05) is 26.8 Å². The van der Waals surface area contributed by atoms with Crippen molar-refractivity contribution in [3.8, 4) is 0 Å². The number of nitrogens with zero attached hydrogens (tertiary/aromatic N) is 1. The van der Waals surface area contributed by atoms with Crippen molar-refractivity contribution in [2.45, 2.75) is 19.0 Å². The minimum atomic E-state index is -4.46. The first kappa shape index (κ1) is 15.7. The molecular formula is C9H14F3NO4. The Morgan fingerprint density at radius 1 is 1.35 bits per heavy atom. The summed E-state index contributed by atoms with van der Waals surface area (Å²) in [5.41, 5.74) is 0. The van der Waals surface area contributed by atoms with Gasteiger partial charge < -0.3 is 14.7 Å². The van der Waals surface area contributed by atoms with Gasteiger partial charge >= 0.3 is 12.1 Å². The standard InChI is InChI=1S/C9H14F3NO4/c1-13(4-2-3-8(15)16)7(14)5-17-6-9(10,11)12/h2-6H2,1H3,(H,15,16). The number of ether oxygens (including phenoxy) is 1. The molecule has 0 heterocycles. The highest BCUT2D eigenvalue weighted by Crippen LogP contribution is 2.14. The van der Waals surface area contributed by atoms with Crippen molar-refractivity contribution in [3.05, 3.63) is 0 Å². The number of amides is 1. The SMILES string of the molecule is CN(CCCC(=O)O)C(=O)COCC(F)(F)F. The number of halogens is 3. The van der Waals surface area contributed by atoms with Crippen molar-refractivity contribution >= 4 is 11.9 Å². The van der Waals surface area contributed by atoms with E-state index in [-0.39, 0.29) is 19.4 Å². The smallest absolute Gasteiger partial charge is 0.411 e. The number of aliphatic carboxylic acids is 1. The summed E-state index contributed by atoms with van der Waals surface area (Å²) in [6.07, 6.45) is -4.31. The van der Waals surface area contributed by atoms with Crippen LogP contribution < -0.4 is 0 Å². The van der Waals surface area contributed by atoms with Gasteiger partial charge in [-0.3, -0.25) is 9.59 Å². The summed E-state index contributed by atoms with van der Waals surface area (Å²) in [6.45, 7) is -1.97. The summed E-state index contributed by atoms with van der Waals surface area (Å²) >= 11 is 0. The molecule has 1 N–H and O–H groups in total. The van der Waals surface area contributed by atoms with Crippen molar-refractivity contribution in [1.29, 1.82) is 0 Å². The van der Waals surface area contributed by atoms with E-state index in [1.165, 1.54) is 7.05 Å². The van der Waals surface area contributed by atoms with Gasteiger partial charge in [-0.25, -0.2) is 0 Å². The average molecular weight is 257 g/mol. The number of carboxylic acid groups (broad SMARTS) is 1. The van der Waals surface area contributed by atoms with Crippen molar-refractivity contribution in [1.82, 2.24) is 4.90 Å². The highest BCUT2D eigenvalue weighted by atomic mass is 19.4. The normalized spacial score (nSPS) is 11.3. The average Bonchev–Trinajstić information content (AvgIpc) is 2.14. The lowest BCUT2D eigenvalue weighted by atomic mass is 10.3. The largest absolute Gasteiger partial charge is 0.481 e. The molecule has 0 aromatic carbocycles. The Balaban J connectivity index is 3.71. The molecule has 0 aliphatic carbocycles. The minimum Gasteiger partial charge on any atom is -0.481 e. The minimum absolute atomic E-state index is 0.0962. The molecule has 0 spiro atoms. The van der Waals surface area contributed by atoms with Crippen LogP contribution in [-0.2, 0) is 14.3 Å². The number of carbonyl (C=O) groups is 2. The van der Waals surface area contributed by atoms with Gasteiger partial charge in [-0.15, -0.1) is 0 Å². The first-order valence-electron chi connectivity index (χ1n) is 4.82. The number of alkyl halides is 3. The molecule has 0 bridgehead atoms. The van der Waals surface area contributed by atoms with Gasteiger partial charge in [0.05, 0.1) is 0 Å². The fourth-order valence-corrected chi connectivity index (χ4v) is 0.956. The van der Waals surface area contributed by atoms with E-state index in [4.69, 9.17) is 5.11 Å². The zero-order valence-corrected chi connectivity index (χ0v) is 9.29. The second kappa shape index (κ2) is 7.10. The molecule has 0 unspecified atom stereocenters. The Morgan fingerprint density at radius 3 is 2.41 bits per heavy atom. The van der Waals surface area contributed by atoms with Gasteiger partial charge in [-0.2, -0.15) is 13.2 Å². The lowest BCUT2D eigenvalue weighted by molar-refractivity contribution is -0.177. The molecule has 17 heavy (non-hydrogen) atoms. The number of carbonyl (C=O) groups excluding carboxylic acids is 1. The summed E-state index contributed by atoms with van der Waals surface area (Å²) in [4.78, 5) is 22.5. The maximum absolute atomic E-state index is 11.7. The maximum atomic E-state index is 11.7. The van der Waals surface area contributed by atoms with E-state index < -0.39 is 31.3 Å². The molecule has 100 valence electrons. The number of likely N-dealkylation sites (N-methyl/N-ethyl adjacent to an activating group) is 1. The number of hydrogen-bond donors (Lipinski definition) is 1. The van der Waals surface area contributed by atoms with E-state index in [2.05, 4.69) is 4.74 Å². The fraction of sp³-hybridized carbons (Fsp3) is 0.778. The van der Waals surface area contributed by atoms with Crippen LogP contribution in [0.15, 0.2) is 0 Å². The van der Waals surface area contributed by atoms with Crippen LogP contribution in [0.1, 0.15) is 12.8 Å². The van der Waals surface area contributed by atoms with Crippen LogP contribution in [0.3, 0.4) is 0 Å². The van der Waals surface area contributed by atoms with E-state index in [1.807, 2.05) is 0 Å². The molecule has 0 rings (SSSR count). The van der Waals surface area contributed by atoms with Crippen molar-refractivity contribution < 1.29 is 32.6 Å². The third-order valence-corrected chi connectivity index (χ3v) is 1.80. The molecular weight excluding hydrogens is 243 g/mol. The van der Waals surface area contributed by atoms with E-state index in [9.17, 15) is 22.8 Å². The van der Waals surface area contributed by atoms with Gasteiger partial charge in [-0.05, 0) is 6.42 Å². The Bertz CT molecular complexity index is 267. The van der Waals surface area contributed by atoms with Crippen LogP contribution in [0.25, 0.3) is 0 Å². The molecule has 0 aromatic rings. The van der Waals surface area contributed by atoms with Crippen LogP contribution in [0.5, 0.6) is 0 Å². The Kier molecular flexibility index (Phi) is 6.55. The third-order valence-electron chi connectivity index (χ3n) is 1.80. The van der Waals surface area contributed by atoms with Crippen LogP contribution in [-0.4, -0.2) is 54.9 Å². The summed E-state index contributed by atoms with van der Waals surface area (Å²) in [5.74, 6) is -1.60. The quantitative estimate of drug-likeness (QED) is 0.735. The molecule has 0 saturated heterocycles. The first-order chi connectivity index (χ1) is 7.72. The van der Waals surface area contributed by atoms with Gasteiger partial charge in [0.1, 0.15) is 13.2 Å². The van der Waals surface area contributed by atoms with Gasteiger partial charge in [0, 0.05) is 20.0 Å². The molecule has 0 saturated carbocycles. The second-order valence-corrected chi connectivity index (χ2v) is 3.42. The molecule has 0 aliphatic rings. The second-order valence-electron chi connectivity index (χ2n) is 3.42. The lowest BCUT2D eigenvalue weighted by Crippen LogP contribution is -2.32. The molecule has 0 aliphatic heterocycles. The molecule has 8 heteroatoms. The van der Waals surface area contributed by atoms with Gasteiger partial charge in [0.15, 0.2) is 0 Å². The molecule has 0 atom stereocenters. The van der Waals surface area contributed by atoms with Crippen molar-refractivity contribution in [3.63, 3.8) is 0 Å². The predicted octanol–water partition coefficient (Wildman–Crippen LogP) is 0.888. The molecule has 5 nitrogen and oxygen atoms in total. The van der Waals surface area contributed by atoms with Crippen LogP contribution in [0.4, 0.5) is 13.2 Å². The highest BCUT2D eigenvalue weighted by Gasteiger charge is 2.28. The molecule has 0 fully saturated rings. The summed E-state index contributed by atoms with van der Waals surface area (Å²) < 4.78 is 39.2. The lowest BCUT2D eigenvalue weighted by Gasteiger charge is -2.16. The first-order valence-corrected chi connectivity index (χ1v) is 4.82. The zero-order valence-electron chi connectivity index (χ0n) is 9.29. The molecule has 1 amide bonds. The zero-order chi connectivity index (χ0) is 13.5. The van der Waals surface area contributed by atoms with Crippen LogP contribution in [0, 0.1) is 0 Å². The molecule has 0 radical (unpaired) electrons. The maximum Gasteiger partial charge on any atom is 0.411 e. The van der Waals surface area contributed by atoms with E-state index in [0.717, 1.165) is 4.90 Å². The summed E-state index contributed by atoms with van der Waals surface area (Å²) in [7, 11) is 1.38. The van der Waals surface area contributed by atoms with Gasteiger partial charge in [0.2, 0.25) is 5.91 Å². The summed E-state index contributed by atoms with van der Waals surface area (Å²) in [5, 5.41) is 8.34. The third kappa shape index (κ3) is 9.61. The number of carboxylic acids is 1. The topological polar surface area (TPSA) is 66.8 Å². The van der Waals surface area contributed by atoms with Crippen molar-refractivity contribution in [2.24, 2.45) is 0 Å². The van der Waals surface area contributed by atoms with Gasteiger partial charge in [-0.1, -0.05) is 0 Å². The van der Waals surface area contributed by atoms with E-state index in [0.29, 0.717) is 0 Å². The highest BCUT2D eigenvalue weighted by molar-refractivity contribution is 5.77. The van der Waals surface area contributed by atoms with Gasteiger partial charge in [0.25, 0.3) is 0 Å². The van der Waals surface area contributed by atoms with Crippen LogP contribution >= 0.6 is 0 Å². The van der Waals surface area contributed by atoms with E-state index >= 15 is 0 Å². The Labute approximate surface area is 96.1 Å². The van der Waals surface area contributed by atoms with E-state index in [1.54, 1.807) is 0 Å². The Morgan fingerprint density at radius 2 is 1.94 bits per heavy atom. The van der Waals surface area contributed by atoms with Crippen LogP contribution in [0.2, 0.25) is 0 Å². The predicted molar refractivity (Wildman–Crippen MR) is 51.4 cm³/mol. The monoisotopic (exact) mass is 257 g/mol. The fourth-order valence-electron chi connectivity index (χ4n) is 0.956. The summed E-state index contributed by atoms with van der Waals surface area (Å²) in [6, 6.07) is 0. The number of hydrogen-bond acceptors (Lipinski definition) is 3. The Hall–Kier alpha value is -1.31.